The molecule has 2 N–H and O–H groups in total. The maximum atomic E-state index is 13.0. The average Bonchev–Trinajstić information content (AvgIpc) is 3.16. The first-order chi connectivity index (χ1) is 15.2. The quantitative estimate of drug-likeness (QED) is 0.597. The standard InChI is InChI=1S/C24H23N3O5/c1-24(2,23(30)31)22(29)25-16-7-8-18-19(13-16)26-20-15(9-10-27(20)21(18)28)11-14-5-4-6-17(12-14)32-3/h4-8,11-13H,9-10H2,1-3H3,(H,25,29)(H,30,31)/b15-11+. The van der Waals surface area contributed by atoms with Crippen molar-refractivity contribution in [1.82, 2.24) is 9.55 Å². The summed E-state index contributed by atoms with van der Waals surface area (Å²) in [6.07, 6.45) is 2.66. The Kier molecular flexibility index (Phi) is 5.30. The van der Waals surface area contributed by atoms with Crippen LogP contribution in [0.15, 0.2) is 47.3 Å². The number of ether oxygens (including phenoxy) is 1. The molecule has 32 heavy (non-hydrogen) atoms. The first-order valence-corrected chi connectivity index (χ1v) is 10.1. The number of benzene rings is 2. The van der Waals surface area contributed by atoms with Crippen LogP contribution in [0, 0.1) is 5.41 Å². The molecule has 0 saturated carbocycles. The van der Waals surface area contributed by atoms with E-state index in [1.54, 1.807) is 29.9 Å². The number of carbonyl (C=O) groups excluding carboxylic acids is 1. The van der Waals surface area contributed by atoms with Crippen molar-refractivity contribution in [2.75, 3.05) is 12.4 Å². The van der Waals surface area contributed by atoms with Crippen molar-refractivity contribution in [3.05, 3.63) is 64.2 Å². The predicted octanol–water partition coefficient (Wildman–Crippen LogP) is 3.40. The first-order valence-electron chi connectivity index (χ1n) is 10.1. The Morgan fingerprint density at radius 1 is 1.22 bits per heavy atom. The van der Waals surface area contributed by atoms with Gasteiger partial charge in [-0.05, 0) is 67.8 Å². The average molecular weight is 433 g/mol. The molecule has 0 fully saturated rings. The van der Waals surface area contributed by atoms with Gasteiger partial charge < -0.3 is 15.2 Å². The molecule has 1 aliphatic rings. The highest BCUT2D eigenvalue weighted by molar-refractivity contribution is 6.08. The van der Waals surface area contributed by atoms with Gasteiger partial charge in [0.2, 0.25) is 5.91 Å². The molecule has 0 saturated heterocycles. The number of nitrogens with one attached hydrogen (secondary N) is 1. The Bertz CT molecular complexity index is 1340. The van der Waals surface area contributed by atoms with E-state index < -0.39 is 17.3 Å². The van der Waals surface area contributed by atoms with Crippen LogP contribution in [0.1, 0.15) is 31.7 Å². The number of nitrogens with zero attached hydrogens (tertiary/aromatic N) is 2. The van der Waals surface area contributed by atoms with Crippen LogP contribution >= 0.6 is 0 Å². The summed E-state index contributed by atoms with van der Waals surface area (Å²) in [5, 5.41) is 12.3. The van der Waals surface area contributed by atoms with Gasteiger partial charge >= 0.3 is 5.97 Å². The van der Waals surface area contributed by atoms with Gasteiger partial charge in [0.1, 0.15) is 17.0 Å². The second kappa shape index (κ2) is 7.96. The fraction of sp³-hybridized carbons (Fsp3) is 0.250. The van der Waals surface area contributed by atoms with E-state index in [1.165, 1.54) is 13.8 Å². The Hall–Kier alpha value is -3.94. The molecule has 0 bridgehead atoms. The fourth-order valence-electron chi connectivity index (χ4n) is 3.55. The molecule has 1 aromatic heterocycles. The minimum Gasteiger partial charge on any atom is -0.497 e. The van der Waals surface area contributed by atoms with Crippen LogP contribution in [0.3, 0.4) is 0 Å². The molecular formula is C24H23N3O5. The summed E-state index contributed by atoms with van der Waals surface area (Å²) in [6, 6.07) is 12.4. The third-order valence-corrected chi connectivity index (χ3v) is 5.64. The number of fused-ring (bicyclic) bond motifs is 2. The van der Waals surface area contributed by atoms with Gasteiger partial charge in [0.05, 0.1) is 18.0 Å². The van der Waals surface area contributed by atoms with Gasteiger partial charge in [-0.15, -0.1) is 0 Å². The zero-order valence-corrected chi connectivity index (χ0v) is 18.0. The third-order valence-electron chi connectivity index (χ3n) is 5.64. The number of carboxylic acids is 1. The number of methoxy groups -OCH3 is 1. The molecule has 2 heterocycles. The van der Waals surface area contributed by atoms with Gasteiger partial charge in [0, 0.05) is 12.2 Å². The van der Waals surface area contributed by atoms with Crippen molar-refractivity contribution >= 4 is 40.1 Å². The van der Waals surface area contributed by atoms with Crippen molar-refractivity contribution in [2.45, 2.75) is 26.8 Å². The summed E-state index contributed by atoms with van der Waals surface area (Å²) in [7, 11) is 1.61. The van der Waals surface area contributed by atoms with Gasteiger partial charge in [-0.3, -0.25) is 19.0 Å². The molecule has 0 unspecified atom stereocenters. The van der Waals surface area contributed by atoms with Gasteiger partial charge in [-0.25, -0.2) is 4.98 Å². The van der Waals surface area contributed by atoms with E-state index in [4.69, 9.17) is 9.72 Å². The van der Waals surface area contributed by atoms with E-state index in [1.807, 2.05) is 30.3 Å². The van der Waals surface area contributed by atoms with E-state index in [0.29, 0.717) is 35.4 Å². The van der Waals surface area contributed by atoms with Gasteiger partial charge in [0.25, 0.3) is 5.56 Å². The monoisotopic (exact) mass is 433 g/mol. The maximum Gasteiger partial charge on any atom is 0.318 e. The summed E-state index contributed by atoms with van der Waals surface area (Å²) in [6.45, 7) is 3.20. The lowest BCUT2D eigenvalue weighted by Gasteiger charge is -2.18. The van der Waals surface area contributed by atoms with E-state index >= 15 is 0 Å². The molecular weight excluding hydrogens is 410 g/mol. The normalized spacial score (nSPS) is 14.4. The number of anilines is 1. The number of hydrogen-bond donors (Lipinski definition) is 2. The van der Waals surface area contributed by atoms with E-state index in [2.05, 4.69) is 5.32 Å². The number of carboxylic acid groups (broad SMARTS) is 1. The number of aliphatic carboxylic acids is 1. The fourth-order valence-corrected chi connectivity index (χ4v) is 3.55. The lowest BCUT2D eigenvalue weighted by Crippen LogP contribution is -2.37. The van der Waals surface area contributed by atoms with Crippen molar-refractivity contribution in [3.63, 3.8) is 0 Å². The minimum atomic E-state index is -1.59. The van der Waals surface area contributed by atoms with E-state index in [9.17, 15) is 19.5 Å². The SMILES string of the molecule is COc1cccc(/C=C2\CCn3c2nc2cc(NC(=O)C(C)(C)C(=O)O)ccc2c3=O)c1. The molecule has 0 atom stereocenters. The highest BCUT2D eigenvalue weighted by Crippen LogP contribution is 2.29. The topological polar surface area (TPSA) is 111 Å². The predicted molar refractivity (Wildman–Crippen MR) is 122 cm³/mol. The molecule has 0 spiro atoms. The molecule has 0 radical (unpaired) electrons. The zero-order valence-electron chi connectivity index (χ0n) is 18.0. The Balaban J connectivity index is 1.74. The first kappa shape index (κ1) is 21.3. The third kappa shape index (κ3) is 3.75. The van der Waals surface area contributed by atoms with Crippen LogP contribution in [0.5, 0.6) is 5.75 Å². The Morgan fingerprint density at radius 3 is 2.72 bits per heavy atom. The van der Waals surface area contributed by atoms with Crippen LogP contribution in [0.25, 0.3) is 22.6 Å². The second-order valence-electron chi connectivity index (χ2n) is 8.20. The second-order valence-corrected chi connectivity index (χ2v) is 8.20. The molecule has 2 aromatic carbocycles. The number of hydrogen-bond acceptors (Lipinski definition) is 5. The largest absolute Gasteiger partial charge is 0.497 e. The van der Waals surface area contributed by atoms with Gasteiger partial charge in [-0.2, -0.15) is 0 Å². The molecule has 8 nitrogen and oxygen atoms in total. The Labute approximate surface area is 184 Å². The highest BCUT2D eigenvalue weighted by atomic mass is 16.5. The smallest absolute Gasteiger partial charge is 0.318 e. The highest BCUT2D eigenvalue weighted by Gasteiger charge is 2.36. The molecule has 164 valence electrons. The van der Waals surface area contributed by atoms with Crippen molar-refractivity contribution in [2.24, 2.45) is 5.41 Å². The molecule has 8 heteroatoms. The molecule has 1 amide bonds. The summed E-state index contributed by atoms with van der Waals surface area (Å²) >= 11 is 0. The van der Waals surface area contributed by atoms with Crippen molar-refractivity contribution < 1.29 is 19.4 Å². The summed E-state index contributed by atoms with van der Waals surface area (Å²) in [5.74, 6) is -0.552. The number of aromatic nitrogens is 2. The summed E-state index contributed by atoms with van der Waals surface area (Å²) in [4.78, 5) is 41.4. The zero-order chi connectivity index (χ0) is 23.0. The number of carbonyl (C=O) groups is 2. The van der Waals surface area contributed by atoms with Crippen LogP contribution in [0.4, 0.5) is 5.69 Å². The molecule has 1 aliphatic heterocycles. The number of rotatable bonds is 5. The van der Waals surface area contributed by atoms with Crippen LogP contribution in [0.2, 0.25) is 0 Å². The number of allylic oxidation sites excluding steroid dienone is 1. The van der Waals surface area contributed by atoms with Crippen LogP contribution in [-0.4, -0.2) is 33.6 Å². The van der Waals surface area contributed by atoms with Crippen LogP contribution < -0.4 is 15.6 Å². The molecule has 4 rings (SSSR count). The van der Waals surface area contributed by atoms with Gasteiger partial charge in [-0.1, -0.05) is 12.1 Å². The summed E-state index contributed by atoms with van der Waals surface area (Å²) < 4.78 is 6.93. The van der Waals surface area contributed by atoms with Crippen molar-refractivity contribution in [1.29, 1.82) is 0 Å². The van der Waals surface area contributed by atoms with Crippen LogP contribution in [-0.2, 0) is 16.1 Å². The van der Waals surface area contributed by atoms with Gasteiger partial charge in [0.15, 0.2) is 0 Å². The lowest BCUT2D eigenvalue weighted by molar-refractivity contribution is -0.151. The molecule has 3 aromatic rings. The number of amides is 1. The van der Waals surface area contributed by atoms with Crippen molar-refractivity contribution in [3.8, 4) is 5.75 Å². The minimum absolute atomic E-state index is 0.150. The summed E-state index contributed by atoms with van der Waals surface area (Å²) in [5.41, 5.74) is 0.947. The molecule has 0 aliphatic carbocycles. The Morgan fingerprint density at radius 2 is 2.00 bits per heavy atom. The lowest BCUT2D eigenvalue weighted by atomic mass is 9.92. The van der Waals surface area contributed by atoms with E-state index in [0.717, 1.165) is 16.9 Å². The maximum absolute atomic E-state index is 13.0. The van der Waals surface area contributed by atoms with E-state index in [-0.39, 0.29) is 5.56 Å².